The molecule has 0 amide bonds. The van der Waals surface area contributed by atoms with Crippen molar-refractivity contribution in [1.82, 2.24) is 25.4 Å². The lowest BCUT2D eigenvalue weighted by atomic mass is 10.1. The van der Waals surface area contributed by atoms with Crippen molar-refractivity contribution in [3.63, 3.8) is 0 Å². The Morgan fingerprint density at radius 2 is 2.27 bits per heavy atom. The molecule has 4 rings (SSSR count). The molecule has 0 spiro atoms. The van der Waals surface area contributed by atoms with Gasteiger partial charge in [-0.2, -0.15) is 5.10 Å². The summed E-state index contributed by atoms with van der Waals surface area (Å²) < 4.78 is 1.98. The summed E-state index contributed by atoms with van der Waals surface area (Å²) >= 11 is 6.11. The van der Waals surface area contributed by atoms with Crippen molar-refractivity contribution in [2.45, 2.75) is 50.7 Å². The number of benzene rings is 1. The van der Waals surface area contributed by atoms with Crippen molar-refractivity contribution in [2.24, 2.45) is 4.99 Å². The van der Waals surface area contributed by atoms with Crippen LogP contribution in [0.25, 0.3) is 0 Å². The quantitative estimate of drug-likeness (QED) is 0.396. The van der Waals surface area contributed by atoms with Crippen LogP contribution in [0.15, 0.2) is 35.6 Å². The molecule has 0 saturated heterocycles. The highest BCUT2D eigenvalue weighted by Crippen LogP contribution is 2.41. The predicted molar refractivity (Wildman–Crippen MR) is 114 cm³/mol. The van der Waals surface area contributed by atoms with Crippen molar-refractivity contribution in [3.8, 4) is 0 Å². The minimum Gasteiger partial charge on any atom is -0.353 e. The minimum absolute atomic E-state index is 0. The number of aliphatic imine (C=N–C) groups is 1. The number of rotatable bonds is 4. The van der Waals surface area contributed by atoms with Crippen LogP contribution in [0.3, 0.4) is 0 Å². The Morgan fingerprint density at radius 3 is 3.08 bits per heavy atom. The van der Waals surface area contributed by atoms with Crippen LogP contribution in [0.2, 0.25) is 5.02 Å². The molecule has 140 valence electrons. The van der Waals surface area contributed by atoms with Gasteiger partial charge in [-0.25, -0.2) is 9.67 Å². The molecule has 8 heteroatoms. The Bertz CT molecular complexity index is 777. The smallest absolute Gasteiger partial charge is 0.191 e. The highest BCUT2D eigenvalue weighted by molar-refractivity contribution is 14.0. The van der Waals surface area contributed by atoms with E-state index in [0.29, 0.717) is 18.0 Å². The Labute approximate surface area is 175 Å². The van der Waals surface area contributed by atoms with Gasteiger partial charge in [-0.05, 0) is 37.5 Å². The van der Waals surface area contributed by atoms with Gasteiger partial charge in [0.25, 0.3) is 0 Å². The summed E-state index contributed by atoms with van der Waals surface area (Å²) in [4.78, 5) is 8.89. The second-order valence-corrected chi connectivity index (χ2v) is 7.15. The molecule has 1 aliphatic heterocycles. The third-order valence-corrected chi connectivity index (χ3v) is 5.09. The first-order valence-corrected chi connectivity index (χ1v) is 9.30. The Kier molecular flexibility index (Phi) is 6.39. The summed E-state index contributed by atoms with van der Waals surface area (Å²) in [6, 6.07) is 8.89. The maximum atomic E-state index is 6.11. The van der Waals surface area contributed by atoms with E-state index in [0.717, 1.165) is 49.2 Å². The van der Waals surface area contributed by atoms with Gasteiger partial charge in [0.2, 0.25) is 0 Å². The molecule has 3 atom stereocenters. The van der Waals surface area contributed by atoms with Gasteiger partial charge in [-0.15, -0.1) is 24.0 Å². The maximum absolute atomic E-state index is 6.11. The van der Waals surface area contributed by atoms with Crippen molar-refractivity contribution < 1.29 is 0 Å². The van der Waals surface area contributed by atoms with Crippen LogP contribution in [-0.4, -0.2) is 39.4 Å². The molecule has 1 aromatic heterocycles. The fraction of sp³-hybridized carbons (Fsp3) is 0.500. The molecule has 2 aromatic rings. The Morgan fingerprint density at radius 1 is 1.38 bits per heavy atom. The number of hydrogen-bond acceptors (Lipinski definition) is 3. The van der Waals surface area contributed by atoms with Crippen LogP contribution in [0.1, 0.15) is 37.1 Å². The van der Waals surface area contributed by atoms with E-state index in [1.165, 1.54) is 5.56 Å². The minimum atomic E-state index is 0. The zero-order chi connectivity index (χ0) is 17.2. The number of nitrogens with zero attached hydrogens (tertiary/aromatic N) is 4. The van der Waals surface area contributed by atoms with Crippen LogP contribution in [0, 0.1) is 0 Å². The van der Waals surface area contributed by atoms with Crippen LogP contribution in [0.5, 0.6) is 0 Å². The molecule has 2 heterocycles. The van der Waals surface area contributed by atoms with Gasteiger partial charge >= 0.3 is 0 Å². The zero-order valence-corrected chi connectivity index (χ0v) is 17.8. The molecule has 1 fully saturated rings. The highest BCUT2D eigenvalue weighted by Gasteiger charge is 2.39. The van der Waals surface area contributed by atoms with Gasteiger partial charge in [0.15, 0.2) is 5.96 Å². The predicted octanol–water partition coefficient (Wildman–Crippen LogP) is 2.98. The van der Waals surface area contributed by atoms with E-state index in [1.54, 1.807) is 6.33 Å². The summed E-state index contributed by atoms with van der Waals surface area (Å²) in [6.07, 6.45) is 4.75. The largest absolute Gasteiger partial charge is 0.353 e. The lowest BCUT2D eigenvalue weighted by molar-refractivity contribution is 0.392. The molecule has 2 N–H and O–H groups in total. The van der Waals surface area contributed by atoms with Crippen LogP contribution in [0.4, 0.5) is 0 Å². The second kappa shape index (κ2) is 8.56. The number of hydrogen-bond donors (Lipinski definition) is 2. The van der Waals surface area contributed by atoms with Crippen LogP contribution >= 0.6 is 35.6 Å². The lowest BCUT2D eigenvalue weighted by Gasteiger charge is -2.25. The third kappa shape index (κ3) is 4.49. The topological polar surface area (TPSA) is 67.1 Å². The normalized spacial score (nSPS) is 24.4. The number of aromatic nitrogens is 3. The molecule has 1 saturated carbocycles. The molecule has 3 unspecified atom stereocenters. The zero-order valence-electron chi connectivity index (χ0n) is 14.7. The molecule has 0 bridgehead atoms. The third-order valence-electron chi connectivity index (χ3n) is 4.85. The summed E-state index contributed by atoms with van der Waals surface area (Å²) in [5, 5.41) is 12.2. The summed E-state index contributed by atoms with van der Waals surface area (Å²) in [6.45, 7) is 3.65. The van der Waals surface area contributed by atoms with Gasteiger partial charge in [0, 0.05) is 36.0 Å². The molecule has 26 heavy (non-hydrogen) atoms. The van der Waals surface area contributed by atoms with Gasteiger partial charge in [0.05, 0.1) is 6.54 Å². The standard InChI is InChI=1S/C18H23ClN6.HI/c1-2-20-18(23-14-6-7-17-21-11-22-25(17)10-14)24-16-9-15(16)12-4-3-5-13(19)8-12;/h3-5,8,11,14-16H,2,6-7,9-10H2,1H3,(H2,20,23,24);1H. The first-order chi connectivity index (χ1) is 12.2. The fourth-order valence-corrected chi connectivity index (χ4v) is 3.67. The molecule has 1 aliphatic carbocycles. The number of aryl methyl sites for hydroxylation is 1. The molecule has 6 nitrogen and oxygen atoms in total. The average Bonchev–Trinajstić information content (AvgIpc) is 3.20. The van der Waals surface area contributed by atoms with Crippen molar-refractivity contribution in [3.05, 3.63) is 47.0 Å². The first kappa shape index (κ1) is 19.4. The van der Waals surface area contributed by atoms with E-state index >= 15 is 0 Å². The summed E-state index contributed by atoms with van der Waals surface area (Å²) in [5.41, 5.74) is 1.30. The molecular formula is C18H24ClIN6. The molecule has 2 aliphatic rings. The maximum Gasteiger partial charge on any atom is 0.191 e. The van der Waals surface area contributed by atoms with E-state index in [9.17, 15) is 0 Å². The van der Waals surface area contributed by atoms with E-state index < -0.39 is 0 Å². The SMILES string of the molecule is CCN=C(NC1CCc2ncnn2C1)NC1CC1c1cccc(Cl)c1.I. The monoisotopic (exact) mass is 486 g/mol. The van der Waals surface area contributed by atoms with Crippen molar-refractivity contribution in [2.75, 3.05) is 6.54 Å². The molecule has 1 aromatic carbocycles. The highest BCUT2D eigenvalue weighted by atomic mass is 127. The Balaban J connectivity index is 0.00000196. The second-order valence-electron chi connectivity index (χ2n) is 6.71. The summed E-state index contributed by atoms with van der Waals surface area (Å²) in [5.74, 6) is 2.48. The van der Waals surface area contributed by atoms with Gasteiger partial charge in [-0.1, -0.05) is 23.7 Å². The van der Waals surface area contributed by atoms with Crippen LogP contribution in [-0.2, 0) is 13.0 Å². The van der Waals surface area contributed by atoms with Crippen molar-refractivity contribution >= 4 is 41.5 Å². The van der Waals surface area contributed by atoms with Gasteiger partial charge < -0.3 is 10.6 Å². The van der Waals surface area contributed by atoms with Gasteiger partial charge in [-0.3, -0.25) is 4.99 Å². The van der Waals surface area contributed by atoms with Gasteiger partial charge in [0.1, 0.15) is 12.2 Å². The number of fused-ring (bicyclic) bond motifs is 1. The number of nitrogens with one attached hydrogen (secondary N) is 2. The van der Waals surface area contributed by atoms with Crippen molar-refractivity contribution in [1.29, 1.82) is 0 Å². The van der Waals surface area contributed by atoms with E-state index in [4.69, 9.17) is 11.6 Å². The van der Waals surface area contributed by atoms with Crippen LogP contribution < -0.4 is 10.6 Å². The Hall–Kier alpha value is -1.35. The first-order valence-electron chi connectivity index (χ1n) is 8.92. The van der Waals surface area contributed by atoms with E-state index in [2.05, 4.69) is 44.8 Å². The summed E-state index contributed by atoms with van der Waals surface area (Å²) in [7, 11) is 0. The fourth-order valence-electron chi connectivity index (χ4n) is 3.48. The molecular weight excluding hydrogens is 463 g/mol. The lowest BCUT2D eigenvalue weighted by Crippen LogP contribution is -2.48. The molecule has 0 radical (unpaired) electrons. The van der Waals surface area contributed by atoms with E-state index in [-0.39, 0.29) is 24.0 Å². The number of halogens is 2. The van der Waals surface area contributed by atoms with E-state index in [1.807, 2.05) is 16.8 Å². The average molecular weight is 487 g/mol. The number of guanidine groups is 1.